The van der Waals surface area contributed by atoms with E-state index < -0.39 is 0 Å². The summed E-state index contributed by atoms with van der Waals surface area (Å²) in [5.74, 6) is 0. The molecular formula is C8H17NO. The Morgan fingerprint density at radius 2 is 2.10 bits per heavy atom. The molecule has 0 bridgehead atoms. The molecule has 1 atom stereocenters. The van der Waals surface area contributed by atoms with Gasteiger partial charge in [0.2, 0.25) is 0 Å². The van der Waals surface area contributed by atoms with Gasteiger partial charge in [0.05, 0.1) is 0 Å². The number of hydrogen-bond acceptors (Lipinski definition) is 2. The van der Waals surface area contributed by atoms with Crippen LogP contribution in [-0.2, 0) is 0 Å². The molecule has 0 spiro atoms. The van der Waals surface area contributed by atoms with E-state index in [0.29, 0.717) is 6.61 Å². The third-order valence-electron chi connectivity index (χ3n) is 1.50. The zero-order chi connectivity index (χ0) is 7.82. The number of hydrogen-bond donors (Lipinski definition) is 2. The zero-order valence-electron chi connectivity index (χ0n) is 6.42. The first kappa shape index (κ1) is 9.66. The van der Waals surface area contributed by atoms with Crippen LogP contribution in [0.4, 0.5) is 0 Å². The Labute approximate surface area is 62.7 Å². The minimum atomic E-state index is 0.138. The molecular weight excluding hydrogens is 126 g/mol. The van der Waals surface area contributed by atoms with Crippen molar-refractivity contribution in [3.63, 3.8) is 0 Å². The van der Waals surface area contributed by atoms with Crippen molar-refractivity contribution in [3.8, 4) is 0 Å². The summed E-state index contributed by atoms with van der Waals surface area (Å²) in [7, 11) is 0. The number of nitrogens with two attached hydrogens (primary N) is 1. The SMILES string of the molecule is C=C[C@@H](N)CCCCCO. The van der Waals surface area contributed by atoms with Crippen LogP contribution < -0.4 is 5.73 Å². The van der Waals surface area contributed by atoms with Crippen LogP contribution in [-0.4, -0.2) is 17.8 Å². The second kappa shape index (κ2) is 6.78. The molecule has 10 heavy (non-hydrogen) atoms. The van der Waals surface area contributed by atoms with Crippen LogP contribution >= 0.6 is 0 Å². The molecule has 0 saturated carbocycles. The highest BCUT2D eigenvalue weighted by atomic mass is 16.2. The molecule has 0 aliphatic heterocycles. The van der Waals surface area contributed by atoms with E-state index in [0.717, 1.165) is 25.7 Å². The topological polar surface area (TPSA) is 46.2 Å². The Balaban J connectivity index is 2.95. The van der Waals surface area contributed by atoms with Gasteiger partial charge in [0.15, 0.2) is 0 Å². The van der Waals surface area contributed by atoms with Gasteiger partial charge < -0.3 is 10.8 Å². The van der Waals surface area contributed by atoms with E-state index in [9.17, 15) is 0 Å². The molecule has 2 nitrogen and oxygen atoms in total. The van der Waals surface area contributed by atoms with Crippen LogP contribution in [0.2, 0.25) is 0 Å². The van der Waals surface area contributed by atoms with E-state index in [4.69, 9.17) is 10.8 Å². The molecule has 0 saturated heterocycles. The summed E-state index contributed by atoms with van der Waals surface area (Å²) in [6.45, 7) is 3.88. The fraction of sp³-hybridized carbons (Fsp3) is 0.750. The Kier molecular flexibility index (Phi) is 6.55. The van der Waals surface area contributed by atoms with Crippen LogP contribution in [0.15, 0.2) is 12.7 Å². The van der Waals surface area contributed by atoms with Gasteiger partial charge in [-0.05, 0) is 12.8 Å². The van der Waals surface area contributed by atoms with Crippen LogP contribution in [0.1, 0.15) is 25.7 Å². The lowest BCUT2D eigenvalue weighted by Crippen LogP contribution is -2.15. The summed E-state index contributed by atoms with van der Waals surface area (Å²) in [4.78, 5) is 0. The van der Waals surface area contributed by atoms with Crippen LogP contribution in [0, 0.1) is 0 Å². The first-order valence-electron chi connectivity index (χ1n) is 3.80. The Morgan fingerprint density at radius 3 is 2.60 bits per heavy atom. The minimum Gasteiger partial charge on any atom is -0.396 e. The van der Waals surface area contributed by atoms with Crippen molar-refractivity contribution >= 4 is 0 Å². The molecule has 60 valence electrons. The van der Waals surface area contributed by atoms with Gasteiger partial charge in [-0.3, -0.25) is 0 Å². The summed E-state index contributed by atoms with van der Waals surface area (Å²) in [6.07, 6.45) is 5.80. The smallest absolute Gasteiger partial charge is 0.0431 e. The maximum atomic E-state index is 8.44. The second-order valence-electron chi connectivity index (χ2n) is 2.47. The Morgan fingerprint density at radius 1 is 1.40 bits per heavy atom. The molecule has 0 radical (unpaired) electrons. The lowest BCUT2D eigenvalue weighted by Gasteiger charge is -2.03. The molecule has 0 unspecified atom stereocenters. The number of rotatable bonds is 6. The number of aliphatic hydroxyl groups excluding tert-OH is 1. The van der Waals surface area contributed by atoms with Crippen LogP contribution in [0.25, 0.3) is 0 Å². The average molecular weight is 143 g/mol. The van der Waals surface area contributed by atoms with E-state index in [1.165, 1.54) is 0 Å². The van der Waals surface area contributed by atoms with Crippen molar-refractivity contribution < 1.29 is 5.11 Å². The maximum absolute atomic E-state index is 8.44. The Hall–Kier alpha value is -0.340. The highest BCUT2D eigenvalue weighted by Crippen LogP contribution is 2.01. The quantitative estimate of drug-likeness (QED) is 0.431. The summed E-state index contributed by atoms with van der Waals surface area (Å²) in [5, 5.41) is 8.44. The lowest BCUT2D eigenvalue weighted by molar-refractivity contribution is 0.282. The van der Waals surface area contributed by atoms with Crippen molar-refractivity contribution in [1.82, 2.24) is 0 Å². The van der Waals surface area contributed by atoms with Gasteiger partial charge in [0.1, 0.15) is 0 Å². The average Bonchev–Trinajstić information content (AvgIpc) is 1.98. The predicted molar refractivity (Wildman–Crippen MR) is 43.7 cm³/mol. The highest BCUT2D eigenvalue weighted by Gasteiger charge is 1.94. The monoisotopic (exact) mass is 143 g/mol. The molecule has 0 rings (SSSR count). The van der Waals surface area contributed by atoms with Crippen LogP contribution in [0.3, 0.4) is 0 Å². The van der Waals surface area contributed by atoms with E-state index in [1.54, 1.807) is 6.08 Å². The third-order valence-corrected chi connectivity index (χ3v) is 1.50. The summed E-state index contributed by atoms with van der Waals surface area (Å²) >= 11 is 0. The normalized spacial score (nSPS) is 13.0. The molecule has 2 heteroatoms. The van der Waals surface area contributed by atoms with E-state index in [1.807, 2.05) is 0 Å². The highest BCUT2D eigenvalue weighted by molar-refractivity contribution is 4.81. The van der Waals surface area contributed by atoms with Gasteiger partial charge in [0.25, 0.3) is 0 Å². The van der Waals surface area contributed by atoms with Crippen molar-refractivity contribution in [3.05, 3.63) is 12.7 Å². The molecule has 0 heterocycles. The summed E-state index contributed by atoms with van der Waals surface area (Å²) in [6, 6.07) is 0.138. The van der Waals surface area contributed by atoms with Crippen molar-refractivity contribution in [1.29, 1.82) is 0 Å². The molecule has 0 amide bonds. The molecule has 0 fully saturated rings. The van der Waals surface area contributed by atoms with Gasteiger partial charge in [-0.25, -0.2) is 0 Å². The van der Waals surface area contributed by atoms with E-state index in [2.05, 4.69) is 6.58 Å². The molecule has 0 aliphatic carbocycles. The molecule has 0 aliphatic rings. The van der Waals surface area contributed by atoms with Crippen molar-refractivity contribution in [2.45, 2.75) is 31.7 Å². The predicted octanol–water partition coefficient (Wildman–Crippen LogP) is 1.05. The summed E-state index contributed by atoms with van der Waals surface area (Å²) < 4.78 is 0. The lowest BCUT2D eigenvalue weighted by atomic mass is 10.1. The number of aliphatic hydroxyl groups is 1. The Bertz CT molecular complexity index is 83.3. The van der Waals surface area contributed by atoms with E-state index >= 15 is 0 Å². The van der Waals surface area contributed by atoms with Crippen molar-refractivity contribution in [2.24, 2.45) is 5.73 Å². The fourth-order valence-electron chi connectivity index (χ4n) is 0.786. The largest absolute Gasteiger partial charge is 0.396 e. The fourth-order valence-corrected chi connectivity index (χ4v) is 0.786. The first-order chi connectivity index (χ1) is 4.81. The molecule has 0 aromatic carbocycles. The molecule has 0 aromatic heterocycles. The molecule has 3 N–H and O–H groups in total. The third kappa shape index (κ3) is 5.79. The maximum Gasteiger partial charge on any atom is 0.0431 e. The van der Waals surface area contributed by atoms with Gasteiger partial charge in [0, 0.05) is 12.6 Å². The van der Waals surface area contributed by atoms with Crippen LogP contribution in [0.5, 0.6) is 0 Å². The second-order valence-corrected chi connectivity index (χ2v) is 2.47. The van der Waals surface area contributed by atoms with Gasteiger partial charge in [-0.15, -0.1) is 6.58 Å². The first-order valence-corrected chi connectivity index (χ1v) is 3.80. The van der Waals surface area contributed by atoms with Gasteiger partial charge in [-0.1, -0.05) is 18.9 Å². The zero-order valence-corrected chi connectivity index (χ0v) is 6.42. The van der Waals surface area contributed by atoms with Gasteiger partial charge >= 0.3 is 0 Å². The van der Waals surface area contributed by atoms with Gasteiger partial charge in [-0.2, -0.15) is 0 Å². The minimum absolute atomic E-state index is 0.138. The number of unbranched alkanes of at least 4 members (excludes halogenated alkanes) is 2. The molecule has 0 aromatic rings. The summed E-state index contributed by atoms with van der Waals surface area (Å²) in [5.41, 5.74) is 5.57. The van der Waals surface area contributed by atoms with Crippen molar-refractivity contribution in [2.75, 3.05) is 6.61 Å². The standard InChI is InChI=1S/C8H17NO/c1-2-8(9)6-4-3-5-7-10/h2,8,10H,1,3-7,9H2/t8-/m1/s1. The van der Waals surface area contributed by atoms with E-state index in [-0.39, 0.29) is 6.04 Å².